The van der Waals surface area contributed by atoms with Crippen LogP contribution in [0.4, 0.5) is 0 Å². The first-order chi connectivity index (χ1) is 11.1. The van der Waals surface area contributed by atoms with E-state index in [-0.39, 0.29) is 18.4 Å². The summed E-state index contributed by atoms with van der Waals surface area (Å²) in [6, 6.07) is 17.1. The predicted molar refractivity (Wildman–Crippen MR) is 89.3 cm³/mol. The molecule has 1 amide bonds. The molecule has 0 aromatic heterocycles. The molecule has 0 heterocycles. The molecule has 0 radical (unpaired) electrons. The first-order valence-electron chi connectivity index (χ1n) is 7.62. The van der Waals surface area contributed by atoms with Crippen molar-refractivity contribution in [3.05, 3.63) is 71.3 Å². The molecule has 0 spiro atoms. The zero-order valence-corrected chi connectivity index (χ0v) is 13.4. The van der Waals surface area contributed by atoms with Crippen LogP contribution in [-0.2, 0) is 9.53 Å². The molecule has 0 aliphatic heterocycles. The maximum absolute atomic E-state index is 11.9. The summed E-state index contributed by atoms with van der Waals surface area (Å²) in [5, 5.41) is 2.79. The fourth-order valence-corrected chi connectivity index (χ4v) is 2.23. The van der Waals surface area contributed by atoms with Crippen molar-refractivity contribution in [2.24, 2.45) is 0 Å². The minimum atomic E-state index is -0.477. The van der Waals surface area contributed by atoms with Gasteiger partial charge in [0.2, 0.25) is 0 Å². The number of aryl methyl sites for hydroxylation is 1. The van der Waals surface area contributed by atoms with Gasteiger partial charge in [-0.05, 0) is 30.0 Å². The zero-order chi connectivity index (χ0) is 16.7. The van der Waals surface area contributed by atoms with Crippen molar-refractivity contribution in [3.8, 4) is 0 Å². The third kappa shape index (κ3) is 4.95. The molecule has 2 aromatic rings. The first kappa shape index (κ1) is 16.7. The van der Waals surface area contributed by atoms with Gasteiger partial charge in [-0.15, -0.1) is 0 Å². The van der Waals surface area contributed by atoms with E-state index in [2.05, 4.69) is 5.32 Å². The van der Waals surface area contributed by atoms with Crippen LogP contribution in [0.3, 0.4) is 0 Å². The number of benzene rings is 2. The van der Waals surface area contributed by atoms with Crippen LogP contribution in [-0.4, -0.2) is 25.0 Å². The SMILES string of the molecule is Cc1ccccc1C(=O)OCC(=O)NC[C@@H](C)c1ccccc1. The molecule has 0 fully saturated rings. The van der Waals surface area contributed by atoms with Gasteiger partial charge in [0.15, 0.2) is 6.61 Å². The van der Waals surface area contributed by atoms with Gasteiger partial charge in [-0.25, -0.2) is 4.79 Å². The molecule has 120 valence electrons. The average molecular weight is 311 g/mol. The zero-order valence-electron chi connectivity index (χ0n) is 13.4. The third-order valence-corrected chi connectivity index (χ3v) is 3.67. The molecular formula is C19H21NO3. The Labute approximate surface area is 136 Å². The first-order valence-corrected chi connectivity index (χ1v) is 7.62. The molecule has 2 rings (SSSR count). The van der Waals surface area contributed by atoms with Crippen LogP contribution in [0.5, 0.6) is 0 Å². The van der Waals surface area contributed by atoms with Crippen molar-refractivity contribution in [2.45, 2.75) is 19.8 Å². The Hall–Kier alpha value is -2.62. The molecule has 23 heavy (non-hydrogen) atoms. The van der Waals surface area contributed by atoms with Gasteiger partial charge in [0, 0.05) is 6.54 Å². The molecular weight excluding hydrogens is 290 g/mol. The molecule has 0 saturated carbocycles. The van der Waals surface area contributed by atoms with Gasteiger partial charge >= 0.3 is 5.97 Å². The van der Waals surface area contributed by atoms with Crippen LogP contribution in [0.2, 0.25) is 0 Å². The lowest BCUT2D eigenvalue weighted by atomic mass is 10.0. The largest absolute Gasteiger partial charge is 0.452 e. The van der Waals surface area contributed by atoms with Crippen LogP contribution in [0, 0.1) is 6.92 Å². The highest BCUT2D eigenvalue weighted by Crippen LogP contribution is 2.13. The van der Waals surface area contributed by atoms with Crippen LogP contribution < -0.4 is 5.32 Å². The molecule has 0 aliphatic carbocycles. The summed E-state index contributed by atoms with van der Waals surface area (Å²) in [5.41, 5.74) is 2.47. The highest BCUT2D eigenvalue weighted by Gasteiger charge is 2.13. The van der Waals surface area contributed by atoms with E-state index in [1.165, 1.54) is 0 Å². The molecule has 0 unspecified atom stereocenters. The molecule has 1 atom stereocenters. The lowest BCUT2D eigenvalue weighted by Crippen LogP contribution is -2.31. The van der Waals surface area contributed by atoms with E-state index in [9.17, 15) is 9.59 Å². The van der Waals surface area contributed by atoms with Gasteiger partial charge in [-0.3, -0.25) is 4.79 Å². The second-order valence-corrected chi connectivity index (χ2v) is 5.51. The number of hydrogen-bond donors (Lipinski definition) is 1. The van der Waals surface area contributed by atoms with Crippen molar-refractivity contribution in [1.82, 2.24) is 5.32 Å². The van der Waals surface area contributed by atoms with Gasteiger partial charge in [0.1, 0.15) is 0 Å². The fraction of sp³-hybridized carbons (Fsp3) is 0.263. The highest BCUT2D eigenvalue weighted by molar-refractivity contribution is 5.92. The fourth-order valence-electron chi connectivity index (χ4n) is 2.23. The Balaban J connectivity index is 1.77. The molecule has 1 N–H and O–H groups in total. The molecule has 0 saturated heterocycles. The van der Waals surface area contributed by atoms with Crippen molar-refractivity contribution in [2.75, 3.05) is 13.2 Å². The van der Waals surface area contributed by atoms with E-state index in [1.807, 2.05) is 56.3 Å². The molecule has 4 heteroatoms. The lowest BCUT2D eigenvalue weighted by Gasteiger charge is -2.13. The molecule has 0 bridgehead atoms. The summed E-state index contributed by atoms with van der Waals surface area (Å²) in [6.45, 7) is 4.10. The maximum Gasteiger partial charge on any atom is 0.338 e. The normalized spacial score (nSPS) is 11.6. The maximum atomic E-state index is 11.9. The van der Waals surface area contributed by atoms with Gasteiger partial charge < -0.3 is 10.1 Å². The summed E-state index contributed by atoms with van der Waals surface area (Å²) in [5.74, 6) is -0.573. The van der Waals surface area contributed by atoms with Gasteiger partial charge in [-0.1, -0.05) is 55.5 Å². The van der Waals surface area contributed by atoms with E-state index in [0.717, 1.165) is 11.1 Å². The van der Waals surface area contributed by atoms with Crippen molar-refractivity contribution in [1.29, 1.82) is 0 Å². The Morgan fingerprint density at radius 2 is 1.70 bits per heavy atom. The molecule has 4 nitrogen and oxygen atoms in total. The number of carbonyl (C=O) groups excluding carboxylic acids is 2. The quantitative estimate of drug-likeness (QED) is 0.834. The summed E-state index contributed by atoms with van der Waals surface area (Å²) >= 11 is 0. The smallest absolute Gasteiger partial charge is 0.338 e. The number of nitrogens with one attached hydrogen (secondary N) is 1. The Morgan fingerprint density at radius 1 is 1.04 bits per heavy atom. The average Bonchev–Trinajstić information content (AvgIpc) is 2.58. The van der Waals surface area contributed by atoms with E-state index < -0.39 is 5.97 Å². The minimum absolute atomic E-state index is 0.201. The second-order valence-electron chi connectivity index (χ2n) is 5.51. The van der Waals surface area contributed by atoms with E-state index >= 15 is 0 Å². The standard InChI is InChI=1S/C19H21NO3/c1-14-8-6-7-11-17(14)19(22)23-13-18(21)20-12-15(2)16-9-4-3-5-10-16/h3-11,15H,12-13H2,1-2H3,(H,20,21)/t15-/m1/s1. The van der Waals surface area contributed by atoms with Gasteiger partial charge in [0.25, 0.3) is 5.91 Å². The monoisotopic (exact) mass is 311 g/mol. The number of ether oxygens (including phenoxy) is 1. The summed E-state index contributed by atoms with van der Waals surface area (Å²) in [7, 11) is 0. The lowest BCUT2D eigenvalue weighted by molar-refractivity contribution is -0.124. The van der Waals surface area contributed by atoms with Gasteiger partial charge in [-0.2, -0.15) is 0 Å². The van der Waals surface area contributed by atoms with Crippen molar-refractivity contribution < 1.29 is 14.3 Å². The van der Waals surface area contributed by atoms with E-state index in [0.29, 0.717) is 12.1 Å². The van der Waals surface area contributed by atoms with Gasteiger partial charge in [0.05, 0.1) is 5.56 Å². The van der Waals surface area contributed by atoms with Crippen LogP contribution in [0.15, 0.2) is 54.6 Å². The topological polar surface area (TPSA) is 55.4 Å². The Bertz CT molecular complexity index is 667. The van der Waals surface area contributed by atoms with Crippen LogP contribution in [0.25, 0.3) is 0 Å². The van der Waals surface area contributed by atoms with Crippen LogP contribution in [0.1, 0.15) is 34.3 Å². The molecule has 2 aromatic carbocycles. The summed E-state index contributed by atoms with van der Waals surface area (Å²) in [4.78, 5) is 23.7. The molecule has 0 aliphatic rings. The number of amides is 1. The number of esters is 1. The number of carbonyl (C=O) groups is 2. The third-order valence-electron chi connectivity index (χ3n) is 3.67. The van der Waals surface area contributed by atoms with E-state index in [1.54, 1.807) is 12.1 Å². The number of rotatable bonds is 6. The summed E-state index contributed by atoms with van der Waals surface area (Å²) < 4.78 is 5.06. The van der Waals surface area contributed by atoms with Crippen molar-refractivity contribution in [3.63, 3.8) is 0 Å². The minimum Gasteiger partial charge on any atom is -0.452 e. The van der Waals surface area contributed by atoms with Crippen LogP contribution >= 0.6 is 0 Å². The predicted octanol–water partition coefficient (Wildman–Crippen LogP) is 3.07. The van der Waals surface area contributed by atoms with E-state index in [4.69, 9.17) is 4.74 Å². The Kier molecular flexibility index (Phi) is 5.92. The van der Waals surface area contributed by atoms with Crippen molar-refractivity contribution >= 4 is 11.9 Å². The summed E-state index contributed by atoms with van der Waals surface area (Å²) in [6.07, 6.45) is 0. The Morgan fingerprint density at radius 3 is 2.39 bits per heavy atom. The highest BCUT2D eigenvalue weighted by atomic mass is 16.5. The second kappa shape index (κ2) is 8.13. The number of hydrogen-bond acceptors (Lipinski definition) is 3.